The number of Topliss-reactive ketones (excluding diaryl/α,β-unsaturated/α-hetero) is 1. The molecule has 154 valence electrons. The maximum Gasteiger partial charge on any atom is 0.251 e. The number of anilines is 1. The number of rotatable bonds is 7. The molecule has 1 heterocycles. The Morgan fingerprint density at radius 2 is 1.58 bits per heavy atom. The van der Waals surface area contributed by atoms with Gasteiger partial charge in [0, 0.05) is 40.0 Å². The van der Waals surface area contributed by atoms with Crippen LogP contribution in [-0.2, 0) is 0 Å². The molecule has 1 atom stereocenters. The number of hydrogen-bond donors (Lipinski definition) is 3. The Hall–Kier alpha value is -3.86. The third-order valence-electron chi connectivity index (χ3n) is 5.62. The highest BCUT2D eigenvalue weighted by Gasteiger charge is 2.25. The number of nitrogens with one attached hydrogen (secondary N) is 3. The first-order valence-corrected chi connectivity index (χ1v) is 10.5. The molecule has 0 bridgehead atoms. The van der Waals surface area contributed by atoms with Crippen LogP contribution < -0.4 is 10.6 Å². The number of carbonyl (C=O) groups excluding carboxylic acids is 2. The second kappa shape index (κ2) is 8.11. The molecule has 3 aromatic carbocycles. The highest BCUT2D eigenvalue weighted by atomic mass is 16.1. The zero-order chi connectivity index (χ0) is 21.2. The highest BCUT2D eigenvalue weighted by Crippen LogP contribution is 2.28. The first kappa shape index (κ1) is 19.1. The van der Waals surface area contributed by atoms with E-state index in [1.54, 1.807) is 18.3 Å². The average Bonchev–Trinajstić information content (AvgIpc) is 3.53. The molecular weight excluding hydrogens is 386 g/mol. The number of fused-ring (bicyclic) bond motifs is 1. The van der Waals surface area contributed by atoms with Crippen LogP contribution in [0.1, 0.15) is 45.2 Å². The van der Waals surface area contributed by atoms with E-state index in [0.29, 0.717) is 17.2 Å². The molecular formula is C26H23N3O2. The zero-order valence-corrected chi connectivity index (χ0v) is 17.0. The van der Waals surface area contributed by atoms with Gasteiger partial charge in [0.1, 0.15) is 6.04 Å². The van der Waals surface area contributed by atoms with Crippen LogP contribution in [0.25, 0.3) is 10.9 Å². The van der Waals surface area contributed by atoms with Gasteiger partial charge in [-0.3, -0.25) is 9.59 Å². The highest BCUT2D eigenvalue weighted by molar-refractivity contribution is 6.11. The van der Waals surface area contributed by atoms with E-state index in [2.05, 4.69) is 15.6 Å². The summed E-state index contributed by atoms with van der Waals surface area (Å²) in [5.41, 5.74) is 3.87. The number of H-pyrrole nitrogens is 1. The van der Waals surface area contributed by atoms with Crippen LogP contribution >= 0.6 is 0 Å². The van der Waals surface area contributed by atoms with Gasteiger partial charge in [-0.25, -0.2) is 0 Å². The normalized spacial score (nSPS) is 14.2. The molecule has 1 unspecified atom stereocenters. The largest absolute Gasteiger partial charge is 0.371 e. The summed E-state index contributed by atoms with van der Waals surface area (Å²) >= 11 is 0. The quantitative estimate of drug-likeness (QED) is 0.372. The summed E-state index contributed by atoms with van der Waals surface area (Å²) in [5, 5.41) is 7.27. The fraction of sp³-hybridized carbons (Fsp3) is 0.154. The molecule has 0 aliphatic heterocycles. The van der Waals surface area contributed by atoms with Crippen molar-refractivity contribution in [2.45, 2.75) is 24.9 Å². The van der Waals surface area contributed by atoms with Gasteiger partial charge in [0.15, 0.2) is 5.78 Å². The Labute approximate surface area is 180 Å². The minimum atomic E-state index is -0.549. The van der Waals surface area contributed by atoms with Gasteiger partial charge in [0.05, 0.1) is 0 Å². The van der Waals surface area contributed by atoms with Crippen molar-refractivity contribution >= 4 is 28.3 Å². The monoisotopic (exact) mass is 409 g/mol. The Morgan fingerprint density at radius 3 is 2.32 bits per heavy atom. The molecule has 5 heteroatoms. The molecule has 1 aliphatic rings. The van der Waals surface area contributed by atoms with Gasteiger partial charge in [-0.2, -0.15) is 0 Å². The van der Waals surface area contributed by atoms with E-state index in [4.69, 9.17) is 0 Å². The van der Waals surface area contributed by atoms with Crippen molar-refractivity contribution in [1.82, 2.24) is 10.3 Å². The molecule has 1 aliphatic carbocycles. The predicted octanol–water partition coefficient (Wildman–Crippen LogP) is 5.10. The minimum Gasteiger partial charge on any atom is -0.371 e. The van der Waals surface area contributed by atoms with Crippen molar-refractivity contribution in [3.8, 4) is 0 Å². The van der Waals surface area contributed by atoms with E-state index in [-0.39, 0.29) is 11.7 Å². The van der Waals surface area contributed by atoms with Gasteiger partial charge in [0.2, 0.25) is 0 Å². The van der Waals surface area contributed by atoms with E-state index < -0.39 is 6.04 Å². The molecule has 5 nitrogen and oxygen atoms in total. The number of aromatic amines is 1. The summed E-state index contributed by atoms with van der Waals surface area (Å²) in [6.07, 6.45) is 3.89. The molecule has 31 heavy (non-hydrogen) atoms. The lowest BCUT2D eigenvalue weighted by atomic mass is 9.96. The number of amides is 1. The lowest BCUT2D eigenvalue weighted by Crippen LogP contribution is -2.25. The Balaban J connectivity index is 1.43. The third kappa shape index (κ3) is 4.08. The molecule has 1 aromatic heterocycles. The van der Waals surface area contributed by atoms with Gasteiger partial charge in [-0.15, -0.1) is 0 Å². The van der Waals surface area contributed by atoms with Crippen LogP contribution in [0.3, 0.4) is 0 Å². The molecule has 3 N–H and O–H groups in total. The smallest absolute Gasteiger partial charge is 0.251 e. The van der Waals surface area contributed by atoms with Gasteiger partial charge < -0.3 is 15.6 Å². The Morgan fingerprint density at radius 1 is 0.871 bits per heavy atom. The second-order valence-corrected chi connectivity index (χ2v) is 7.93. The van der Waals surface area contributed by atoms with Gasteiger partial charge in [0.25, 0.3) is 5.91 Å². The SMILES string of the molecule is O=C(NC1CC1)c1ccc(NC(C(=O)c2c[nH]c3ccccc23)c2ccccc2)cc1. The average molecular weight is 409 g/mol. The van der Waals surface area contributed by atoms with E-state index in [0.717, 1.165) is 35.0 Å². The van der Waals surface area contributed by atoms with Crippen LogP contribution in [0, 0.1) is 0 Å². The van der Waals surface area contributed by atoms with Crippen LogP contribution in [-0.4, -0.2) is 22.7 Å². The maximum atomic E-state index is 13.6. The molecule has 4 aromatic rings. The summed E-state index contributed by atoms with van der Waals surface area (Å²) in [6, 6.07) is 24.5. The number of aromatic nitrogens is 1. The summed E-state index contributed by atoms with van der Waals surface area (Å²) < 4.78 is 0. The van der Waals surface area contributed by atoms with Crippen molar-refractivity contribution in [3.63, 3.8) is 0 Å². The van der Waals surface area contributed by atoms with E-state index in [1.165, 1.54) is 0 Å². The van der Waals surface area contributed by atoms with E-state index >= 15 is 0 Å². The topological polar surface area (TPSA) is 74.0 Å². The fourth-order valence-corrected chi connectivity index (χ4v) is 3.76. The predicted molar refractivity (Wildman–Crippen MR) is 122 cm³/mol. The van der Waals surface area contributed by atoms with E-state index in [9.17, 15) is 9.59 Å². The number of hydrogen-bond acceptors (Lipinski definition) is 3. The molecule has 1 fully saturated rings. The molecule has 0 radical (unpaired) electrons. The standard InChI is InChI=1S/C26H23N3O2/c30-25(22-16-27-23-9-5-4-8-21(22)23)24(17-6-2-1-3-7-17)28-19-12-10-18(11-13-19)26(31)29-20-14-15-20/h1-13,16,20,24,27-28H,14-15H2,(H,29,31). The summed E-state index contributed by atoms with van der Waals surface area (Å²) in [4.78, 5) is 29.0. The molecule has 5 rings (SSSR count). The first-order valence-electron chi connectivity index (χ1n) is 10.5. The van der Waals surface area contributed by atoms with Crippen LogP contribution in [0.2, 0.25) is 0 Å². The Bertz CT molecular complexity index is 1220. The van der Waals surface area contributed by atoms with Crippen LogP contribution in [0.4, 0.5) is 5.69 Å². The number of para-hydroxylation sites is 1. The number of carbonyl (C=O) groups is 2. The summed E-state index contributed by atoms with van der Waals surface area (Å²) in [5.74, 6) is -0.0669. The Kier molecular flexibility index (Phi) is 5.00. The molecule has 1 amide bonds. The fourth-order valence-electron chi connectivity index (χ4n) is 3.76. The third-order valence-corrected chi connectivity index (χ3v) is 5.62. The van der Waals surface area contributed by atoms with E-state index in [1.807, 2.05) is 66.7 Å². The number of ketones is 1. The lowest BCUT2D eigenvalue weighted by molar-refractivity contribution is 0.0948. The van der Waals surface area contributed by atoms with Crippen LogP contribution in [0.15, 0.2) is 85.1 Å². The van der Waals surface area contributed by atoms with Crippen molar-refractivity contribution in [2.75, 3.05) is 5.32 Å². The summed E-state index contributed by atoms with van der Waals surface area (Å²) in [6.45, 7) is 0. The van der Waals surface area contributed by atoms with Crippen molar-refractivity contribution in [2.24, 2.45) is 0 Å². The molecule has 0 saturated heterocycles. The first-order chi connectivity index (χ1) is 15.2. The molecule has 0 spiro atoms. The maximum absolute atomic E-state index is 13.6. The van der Waals surface area contributed by atoms with Crippen molar-refractivity contribution < 1.29 is 9.59 Å². The van der Waals surface area contributed by atoms with Crippen molar-refractivity contribution in [3.05, 3.63) is 102 Å². The van der Waals surface area contributed by atoms with Gasteiger partial charge in [-0.05, 0) is 48.7 Å². The summed E-state index contributed by atoms with van der Waals surface area (Å²) in [7, 11) is 0. The second-order valence-electron chi connectivity index (χ2n) is 7.93. The van der Waals surface area contributed by atoms with Gasteiger partial charge in [-0.1, -0.05) is 48.5 Å². The van der Waals surface area contributed by atoms with Crippen molar-refractivity contribution in [1.29, 1.82) is 0 Å². The lowest BCUT2D eigenvalue weighted by Gasteiger charge is -2.19. The number of benzene rings is 3. The molecule has 1 saturated carbocycles. The zero-order valence-electron chi connectivity index (χ0n) is 17.0. The minimum absolute atomic E-state index is 0.0146. The van der Waals surface area contributed by atoms with Crippen LogP contribution in [0.5, 0.6) is 0 Å². The van der Waals surface area contributed by atoms with Gasteiger partial charge >= 0.3 is 0 Å².